The maximum Gasteiger partial charge on any atom is 0.317 e. The molecule has 1 heterocycles. The predicted octanol–water partition coefficient (Wildman–Crippen LogP) is 0.507. The zero-order valence-electron chi connectivity index (χ0n) is 11.6. The van der Waals surface area contributed by atoms with Crippen LogP contribution in [-0.2, 0) is 15.6 Å². The largest absolute Gasteiger partial charge is 0.481 e. The average molecular weight is 290 g/mol. The minimum Gasteiger partial charge on any atom is -0.481 e. The molecular weight excluding hydrogens is 268 g/mol. The van der Waals surface area contributed by atoms with Crippen LogP contribution in [0.1, 0.15) is 20.3 Å². The molecule has 0 aromatic heterocycles. The number of aliphatic carboxylic acids is 1. The molecule has 1 fully saturated rings. The van der Waals surface area contributed by atoms with Crippen LogP contribution < -0.4 is 5.32 Å². The molecule has 0 aromatic rings. The van der Waals surface area contributed by atoms with Gasteiger partial charge < -0.3 is 15.3 Å². The molecule has 0 radical (unpaired) electrons. The number of carboxylic acid groups (broad SMARTS) is 1. The van der Waals surface area contributed by atoms with Gasteiger partial charge in [-0.25, -0.2) is 4.79 Å². The molecule has 19 heavy (non-hydrogen) atoms. The molecule has 7 heteroatoms. The van der Waals surface area contributed by atoms with Crippen molar-refractivity contribution >= 4 is 22.8 Å². The zero-order chi connectivity index (χ0) is 14.6. The lowest BCUT2D eigenvalue weighted by Gasteiger charge is -2.28. The van der Waals surface area contributed by atoms with Crippen molar-refractivity contribution in [2.24, 2.45) is 11.3 Å². The van der Waals surface area contributed by atoms with Gasteiger partial charge in [0.05, 0.1) is 5.41 Å². The molecule has 2 atom stereocenters. The van der Waals surface area contributed by atoms with E-state index in [-0.39, 0.29) is 18.5 Å². The molecule has 2 unspecified atom stereocenters. The van der Waals surface area contributed by atoms with Crippen LogP contribution in [0.2, 0.25) is 0 Å². The van der Waals surface area contributed by atoms with Crippen molar-refractivity contribution < 1.29 is 18.9 Å². The van der Waals surface area contributed by atoms with Gasteiger partial charge in [-0.15, -0.1) is 0 Å². The standard InChI is InChI=1S/C12H22N2O4S/c1-9(2)12(10(15)16)4-6-14(8-12)11(17)13-5-7-19(3)18/h9H,4-8H2,1-3H3,(H,13,17)(H,15,16). The first kappa shape index (κ1) is 15.9. The van der Waals surface area contributed by atoms with E-state index in [2.05, 4.69) is 5.32 Å². The molecule has 110 valence electrons. The van der Waals surface area contributed by atoms with Gasteiger partial charge in [0.15, 0.2) is 0 Å². The Morgan fingerprint density at radius 3 is 2.53 bits per heavy atom. The van der Waals surface area contributed by atoms with Gasteiger partial charge in [-0.3, -0.25) is 9.00 Å². The van der Waals surface area contributed by atoms with Crippen LogP contribution in [0.25, 0.3) is 0 Å². The highest BCUT2D eigenvalue weighted by Gasteiger charge is 2.48. The maximum absolute atomic E-state index is 11.9. The Labute approximate surface area is 116 Å². The van der Waals surface area contributed by atoms with E-state index in [0.717, 1.165) is 0 Å². The van der Waals surface area contributed by atoms with Crippen LogP contribution in [-0.4, -0.2) is 57.9 Å². The highest BCUT2D eigenvalue weighted by molar-refractivity contribution is 7.84. The number of hydrogen-bond acceptors (Lipinski definition) is 3. The number of rotatable bonds is 5. The lowest BCUT2D eigenvalue weighted by atomic mass is 9.76. The smallest absolute Gasteiger partial charge is 0.317 e. The summed E-state index contributed by atoms with van der Waals surface area (Å²) in [6.45, 7) is 4.78. The van der Waals surface area contributed by atoms with Gasteiger partial charge >= 0.3 is 12.0 Å². The summed E-state index contributed by atoms with van der Waals surface area (Å²) in [6.07, 6.45) is 2.06. The van der Waals surface area contributed by atoms with Crippen LogP contribution in [0, 0.1) is 11.3 Å². The molecule has 1 saturated heterocycles. The topological polar surface area (TPSA) is 86.7 Å². The van der Waals surface area contributed by atoms with Gasteiger partial charge in [-0.1, -0.05) is 13.8 Å². The van der Waals surface area contributed by atoms with Gasteiger partial charge in [0, 0.05) is 42.4 Å². The SMILES string of the molecule is CC(C)C1(C(=O)O)CCN(C(=O)NCCS(C)=O)C1. The fourth-order valence-corrected chi connectivity index (χ4v) is 2.70. The van der Waals surface area contributed by atoms with Crippen molar-refractivity contribution in [2.75, 3.05) is 31.6 Å². The number of nitrogens with zero attached hydrogens (tertiary/aromatic N) is 1. The summed E-state index contributed by atoms with van der Waals surface area (Å²) in [5, 5.41) is 12.1. The van der Waals surface area contributed by atoms with Gasteiger partial charge in [0.25, 0.3) is 0 Å². The summed E-state index contributed by atoms with van der Waals surface area (Å²) >= 11 is 0. The van der Waals surface area contributed by atoms with Crippen molar-refractivity contribution in [2.45, 2.75) is 20.3 Å². The molecule has 0 aromatic carbocycles. The lowest BCUT2D eigenvalue weighted by Crippen LogP contribution is -2.44. The summed E-state index contributed by atoms with van der Waals surface area (Å²) in [5.41, 5.74) is -0.842. The summed E-state index contributed by atoms with van der Waals surface area (Å²) in [4.78, 5) is 24.9. The van der Waals surface area contributed by atoms with Crippen molar-refractivity contribution in [1.82, 2.24) is 10.2 Å². The molecule has 2 amide bonds. The van der Waals surface area contributed by atoms with Crippen LogP contribution in [0.3, 0.4) is 0 Å². The van der Waals surface area contributed by atoms with Crippen LogP contribution in [0.15, 0.2) is 0 Å². The summed E-state index contributed by atoms with van der Waals surface area (Å²) < 4.78 is 10.9. The van der Waals surface area contributed by atoms with E-state index in [0.29, 0.717) is 25.3 Å². The lowest BCUT2D eigenvalue weighted by molar-refractivity contribution is -0.150. The first-order chi connectivity index (χ1) is 8.79. The quantitative estimate of drug-likeness (QED) is 0.772. The third-order valence-electron chi connectivity index (χ3n) is 3.78. The van der Waals surface area contributed by atoms with E-state index >= 15 is 0 Å². The molecule has 0 spiro atoms. The molecule has 1 aliphatic rings. The van der Waals surface area contributed by atoms with Gasteiger partial charge in [0.1, 0.15) is 0 Å². The highest BCUT2D eigenvalue weighted by atomic mass is 32.2. The van der Waals surface area contributed by atoms with Gasteiger partial charge in [-0.2, -0.15) is 0 Å². The van der Waals surface area contributed by atoms with E-state index in [9.17, 15) is 18.9 Å². The van der Waals surface area contributed by atoms with Crippen molar-refractivity contribution in [3.05, 3.63) is 0 Å². The van der Waals surface area contributed by atoms with Crippen LogP contribution in [0.5, 0.6) is 0 Å². The Morgan fingerprint density at radius 2 is 2.11 bits per heavy atom. The molecule has 2 N–H and O–H groups in total. The highest BCUT2D eigenvalue weighted by Crippen LogP contribution is 2.38. The number of carbonyl (C=O) groups excluding carboxylic acids is 1. The van der Waals surface area contributed by atoms with Crippen LogP contribution >= 0.6 is 0 Å². The van der Waals surface area contributed by atoms with Crippen molar-refractivity contribution in [3.8, 4) is 0 Å². The number of likely N-dealkylation sites (tertiary alicyclic amines) is 1. The van der Waals surface area contributed by atoms with E-state index in [4.69, 9.17) is 0 Å². The fourth-order valence-electron chi connectivity index (χ4n) is 2.31. The molecule has 0 aliphatic carbocycles. The normalized spacial score (nSPS) is 24.5. The monoisotopic (exact) mass is 290 g/mol. The van der Waals surface area contributed by atoms with E-state index in [1.165, 1.54) is 4.90 Å². The Kier molecular flexibility index (Phi) is 5.34. The first-order valence-electron chi connectivity index (χ1n) is 6.36. The first-order valence-corrected chi connectivity index (χ1v) is 8.08. The number of nitrogens with one attached hydrogen (secondary N) is 1. The molecule has 1 aliphatic heterocycles. The van der Waals surface area contributed by atoms with Crippen molar-refractivity contribution in [3.63, 3.8) is 0 Å². The third kappa shape index (κ3) is 3.68. The summed E-state index contributed by atoms with van der Waals surface area (Å²) in [6, 6.07) is -0.269. The summed E-state index contributed by atoms with van der Waals surface area (Å²) in [7, 11) is -0.941. The second kappa shape index (κ2) is 6.36. The molecular formula is C12H22N2O4S. The van der Waals surface area contributed by atoms with E-state index in [1.807, 2.05) is 13.8 Å². The fraction of sp³-hybridized carbons (Fsp3) is 0.833. The second-order valence-electron chi connectivity index (χ2n) is 5.30. The molecule has 0 saturated carbocycles. The van der Waals surface area contributed by atoms with Gasteiger partial charge in [0.2, 0.25) is 0 Å². The molecule has 0 bridgehead atoms. The Morgan fingerprint density at radius 1 is 1.47 bits per heavy atom. The van der Waals surface area contributed by atoms with Crippen molar-refractivity contribution in [1.29, 1.82) is 0 Å². The van der Waals surface area contributed by atoms with Crippen LogP contribution in [0.4, 0.5) is 4.79 Å². The minimum absolute atomic E-state index is 0.0223. The minimum atomic E-state index is -0.941. The summed E-state index contributed by atoms with van der Waals surface area (Å²) in [5.74, 6) is -0.452. The number of urea groups is 1. The number of carbonyl (C=O) groups is 2. The Hall–Kier alpha value is -1.11. The third-order valence-corrected chi connectivity index (χ3v) is 4.56. The molecule has 6 nitrogen and oxygen atoms in total. The second-order valence-corrected chi connectivity index (χ2v) is 6.85. The van der Waals surface area contributed by atoms with E-state index in [1.54, 1.807) is 6.26 Å². The molecule has 1 rings (SSSR count). The number of amides is 2. The number of hydrogen-bond donors (Lipinski definition) is 2. The average Bonchev–Trinajstić information content (AvgIpc) is 2.74. The predicted molar refractivity (Wildman–Crippen MR) is 73.4 cm³/mol. The van der Waals surface area contributed by atoms with Gasteiger partial charge in [-0.05, 0) is 12.3 Å². The zero-order valence-corrected chi connectivity index (χ0v) is 12.5. The Balaban J connectivity index is 2.57. The number of carboxylic acids is 1. The van der Waals surface area contributed by atoms with E-state index < -0.39 is 22.2 Å². The maximum atomic E-state index is 11.9. The Bertz CT molecular complexity index is 386.